The van der Waals surface area contributed by atoms with Gasteiger partial charge in [-0.3, -0.25) is 0 Å². The van der Waals surface area contributed by atoms with Gasteiger partial charge in [0.15, 0.2) is 0 Å². The molecule has 1 amide bonds. The highest BCUT2D eigenvalue weighted by atomic mass is 16.6. The van der Waals surface area contributed by atoms with Gasteiger partial charge in [-0.2, -0.15) is 0 Å². The van der Waals surface area contributed by atoms with Crippen LogP contribution in [0.2, 0.25) is 0 Å². The monoisotopic (exact) mass is 261 g/mol. The maximum Gasteiger partial charge on any atom is 0.410 e. The van der Waals surface area contributed by atoms with Gasteiger partial charge >= 0.3 is 6.09 Å². The molecule has 0 aromatic heterocycles. The molecular weight excluding hydrogens is 238 g/mol. The molecule has 1 aliphatic heterocycles. The van der Waals surface area contributed by atoms with Crippen molar-refractivity contribution in [2.75, 3.05) is 6.54 Å². The molecule has 3 heteroatoms. The van der Waals surface area contributed by atoms with Crippen molar-refractivity contribution in [2.45, 2.75) is 53.2 Å². The number of ether oxygens (including phenoxy) is 1. The predicted octanol–water partition coefficient (Wildman–Crippen LogP) is 3.60. The van der Waals surface area contributed by atoms with Gasteiger partial charge in [0, 0.05) is 13.1 Å². The quantitative estimate of drug-likeness (QED) is 0.714. The van der Waals surface area contributed by atoms with Crippen LogP contribution in [0.25, 0.3) is 0 Å². The highest BCUT2D eigenvalue weighted by Crippen LogP contribution is 2.25. The Balaban J connectivity index is 2.15. The molecule has 0 bridgehead atoms. The van der Waals surface area contributed by atoms with E-state index in [4.69, 9.17) is 4.74 Å². The van der Waals surface area contributed by atoms with Gasteiger partial charge in [0.1, 0.15) is 5.60 Å². The van der Waals surface area contributed by atoms with Crippen LogP contribution in [0.15, 0.2) is 12.1 Å². The fourth-order valence-electron chi connectivity index (χ4n) is 2.44. The summed E-state index contributed by atoms with van der Waals surface area (Å²) in [6.07, 6.45) is 0.707. The molecule has 19 heavy (non-hydrogen) atoms. The normalized spacial score (nSPS) is 15.1. The molecule has 3 nitrogen and oxygen atoms in total. The third-order valence-corrected chi connectivity index (χ3v) is 3.61. The molecule has 0 spiro atoms. The molecule has 0 saturated heterocycles. The Kier molecular flexibility index (Phi) is 3.57. The van der Waals surface area contributed by atoms with E-state index in [9.17, 15) is 4.79 Å². The number of hydrogen-bond acceptors (Lipinski definition) is 2. The summed E-state index contributed by atoms with van der Waals surface area (Å²) in [6, 6.07) is 4.26. The van der Waals surface area contributed by atoms with Crippen molar-refractivity contribution < 1.29 is 9.53 Å². The van der Waals surface area contributed by atoms with Crippen LogP contribution in [-0.4, -0.2) is 23.1 Å². The first kappa shape index (κ1) is 13.9. The molecule has 104 valence electrons. The lowest BCUT2D eigenvalue weighted by Gasteiger charge is -2.32. The number of hydrogen-bond donors (Lipinski definition) is 0. The fraction of sp³-hybridized carbons (Fsp3) is 0.562. The summed E-state index contributed by atoms with van der Waals surface area (Å²) >= 11 is 0. The van der Waals surface area contributed by atoms with Crippen molar-refractivity contribution in [3.8, 4) is 0 Å². The van der Waals surface area contributed by atoms with E-state index < -0.39 is 5.60 Å². The SMILES string of the molecule is Cc1ccc2c(c1C)CCN(C(=O)OC(C)(C)C)C2. The summed E-state index contributed by atoms with van der Waals surface area (Å²) in [4.78, 5) is 13.9. The Hall–Kier alpha value is -1.51. The summed E-state index contributed by atoms with van der Waals surface area (Å²) in [5.74, 6) is 0. The Morgan fingerprint density at radius 2 is 1.95 bits per heavy atom. The van der Waals surface area contributed by atoms with Gasteiger partial charge in [-0.05, 0) is 63.3 Å². The second kappa shape index (κ2) is 4.87. The predicted molar refractivity (Wildman–Crippen MR) is 76.3 cm³/mol. The minimum atomic E-state index is -0.430. The van der Waals surface area contributed by atoms with Crippen molar-refractivity contribution in [1.29, 1.82) is 0 Å². The Morgan fingerprint density at radius 1 is 1.26 bits per heavy atom. The van der Waals surface area contributed by atoms with Crippen LogP contribution >= 0.6 is 0 Å². The van der Waals surface area contributed by atoms with E-state index in [1.54, 1.807) is 4.90 Å². The molecule has 0 atom stereocenters. The molecule has 1 aliphatic rings. The van der Waals surface area contributed by atoms with Crippen molar-refractivity contribution >= 4 is 6.09 Å². The highest BCUT2D eigenvalue weighted by molar-refractivity contribution is 5.68. The average molecular weight is 261 g/mol. The van der Waals surface area contributed by atoms with Crippen LogP contribution in [0.3, 0.4) is 0 Å². The van der Waals surface area contributed by atoms with Crippen molar-refractivity contribution in [2.24, 2.45) is 0 Å². The van der Waals surface area contributed by atoms with E-state index in [2.05, 4.69) is 26.0 Å². The molecule has 0 aliphatic carbocycles. The zero-order valence-corrected chi connectivity index (χ0v) is 12.5. The lowest BCUT2D eigenvalue weighted by molar-refractivity contribution is 0.0224. The molecule has 1 heterocycles. The fourth-order valence-corrected chi connectivity index (χ4v) is 2.44. The molecule has 0 unspecified atom stereocenters. The van der Waals surface area contributed by atoms with Crippen LogP contribution in [0.4, 0.5) is 4.79 Å². The number of benzene rings is 1. The minimum absolute atomic E-state index is 0.212. The maximum atomic E-state index is 12.1. The smallest absolute Gasteiger partial charge is 0.410 e. The first-order valence-corrected chi connectivity index (χ1v) is 6.84. The van der Waals surface area contributed by atoms with Gasteiger partial charge in [0.25, 0.3) is 0 Å². The molecule has 0 saturated carbocycles. The molecule has 0 N–H and O–H groups in total. The molecule has 0 radical (unpaired) electrons. The second-order valence-electron chi connectivity index (χ2n) is 6.30. The van der Waals surface area contributed by atoms with Crippen molar-refractivity contribution in [3.63, 3.8) is 0 Å². The summed E-state index contributed by atoms with van der Waals surface area (Å²) < 4.78 is 5.43. The molecule has 0 fully saturated rings. The molecule has 1 aromatic rings. The Morgan fingerprint density at radius 3 is 2.58 bits per heavy atom. The van der Waals surface area contributed by atoms with E-state index in [1.807, 2.05) is 20.8 Å². The summed E-state index contributed by atoms with van der Waals surface area (Å²) in [5.41, 5.74) is 4.91. The lowest BCUT2D eigenvalue weighted by atomic mass is 9.92. The number of nitrogens with zero attached hydrogens (tertiary/aromatic N) is 1. The summed E-state index contributed by atoms with van der Waals surface area (Å²) in [6.45, 7) is 11.4. The van der Waals surface area contributed by atoms with Crippen molar-refractivity contribution in [1.82, 2.24) is 4.90 Å². The summed E-state index contributed by atoms with van der Waals surface area (Å²) in [5, 5.41) is 0. The standard InChI is InChI=1S/C16H23NO2/c1-11-6-7-13-10-17(9-8-14(13)12(11)2)15(18)19-16(3,4)5/h6-7H,8-10H2,1-5H3. The zero-order chi connectivity index (χ0) is 14.2. The van der Waals surface area contributed by atoms with E-state index >= 15 is 0 Å². The highest BCUT2D eigenvalue weighted by Gasteiger charge is 2.26. The maximum absolute atomic E-state index is 12.1. The van der Waals surface area contributed by atoms with Crippen molar-refractivity contribution in [3.05, 3.63) is 34.4 Å². The minimum Gasteiger partial charge on any atom is -0.444 e. The largest absolute Gasteiger partial charge is 0.444 e. The van der Waals surface area contributed by atoms with E-state index in [-0.39, 0.29) is 6.09 Å². The van der Waals surface area contributed by atoms with Gasteiger partial charge in [-0.25, -0.2) is 4.79 Å². The number of carbonyl (C=O) groups is 1. The number of amides is 1. The summed E-state index contributed by atoms with van der Waals surface area (Å²) in [7, 11) is 0. The van der Waals surface area contributed by atoms with E-state index in [0.29, 0.717) is 6.54 Å². The lowest BCUT2D eigenvalue weighted by Crippen LogP contribution is -2.40. The van der Waals surface area contributed by atoms with Crippen LogP contribution in [0.1, 0.15) is 43.0 Å². The number of carbonyl (C=O) groups excluding carboxylic acids is 1. The van der Waals surface area contributed by atoms with Gasteiger partial charge in [-0.15, -0.1) is 0 Å². The Bertz CT molecular complexity index is 500. The van der Waals surface area contributed by atoms with Gasteiger partial charge in [0.05, 0.1) is 0 Å². The Labute approximate surface area is 115 Å². The van der Waals surface area contributed by atoms with E-state index in [1.165, 1.54) is 22.3 Å². The van der Waals surface area contributed by atoms with Crippen LogP contribution in [0, 0.1) is 13.8 Å². The van der Waals surface area contributed by atoms with E-state index in [0.717, 1.165) is 13.0 Å². The van der Waals surface area contributed by atoms with Crippen LogP contribution in [-0.2, 0) is 17.7 Å². The topological polar surface area (TPSA) is 29.5 Å². The van der Waals surface area contributed by atoms with Gasteiger partial charge in [0.2, 0.25) is 0 Å². The van der Waals surface area contributed by atoms with Gasteiger partial charge < -0.3 is 9.64 Å². The zero-order valence-electron chi connectivity index (χ0n) is 12.5. The molecular formula is C16H23NO2. The average Bonchev–Trinajstić information content (AvgIpc) is 2.31. The third kappa shape index (κ3) is 3.09. The second-order valence-corrected chi connectivity index (χ2v) is 6.30. The number of fused-ring (bicyclic) bond motifs is 1. The van der Waals surface area contributed by atoms with Crippen LogP contribution in [0.5, 0.6) is 0 Å². The first-order chi connectivity index (χ1) is 8.78. The first-order valence-electron chi connectivity index (χ1n) is 6.84. The molecule has 1 aromatic carbocycles. The van der Waals surface area contributed by atoms with Gasteiger partial charge in [-0.1, -0.05) is 12.1 Å². The number of aryl methyl sites for hydroxylation is 1. The molecule has 2 rings (SSSR count). The third-order valence-electron chi connectivity index (χ3n) is 3.61. The van der Waals surface area contributed by atoms with Crippen LogP contribution < -0.4 is 0 Å². The number of rotatable bonds is 0.